The molecule has 0 spiro atoms. The summed E-state index contributed by atoms with van der Waals surface area (Å²) in [4.78, 5) is 25.1. The van der Waals surface area contributed by atoms with Crippen molar-refractivity contribution < 1.29 is 23.8 Å². The molecule has 0 heterocycles. The Hall–Kier alpha value is -2.40. The zero-order chi connectivity index (χ0) is 18.2. The second-order valence-corrected chi connectivity index (χ2v) is 5.33. The van der Waals surface area contributed by atoms with Gasteiger partial charge in [-0.2, -0.15) is 0 Å². The molecule has 0 bridgehead atoms. The number of rotatable bonds is 9. The summed E-state index contributed by atoms with van der Waals surface area (Å²) in [7, 11) is 2.43. The third kappa shape index (κ3) is 3.74. The normalized spacial score (nSPS) is 13.5. The van der Waals surface area contributed by atoms with Gasteiger partial charge in [0.15, 0.2) is 5.41 Å². The molecule has 0 aliphatic carbocycles. The number of hydrogen-bond acceptors (Lipinski definition) is 5. The van der Waals surface area contributed by atoms with Crippen molar-refractivity contribution in [2.75, 3.05) is 14.2 Å². The smallest absolute Gasteiger partial charge is 0.326 e. The number of esters is 2. The molecular formula is C19H24O5. The fourth-order valence-corrected chi connectivity index (χ4v) is 2.62. The van der Waals surface area contributed by atoms with Crippen molar-refractivity contribution in [1.29, 1.82) is 0 Å². The molecule has 0 fully saturated rings. The molecule has 1 rings (SSSR count). The molecule has 0 unspecified atom stereocenters. The molecule has 5 heteroatoms. The van der Waals surface area contributed by atoms with Gasteiger partial charge < -0.3 is 14.2 Å². The van der Waals surface area contributed by atoms with E-state index >= 15 is 0 Å². The minimum Gasteiger partial charge on any atom is -0.468 e. The van der Waals surface area contributed by atoms with Crippen LogP contribution in [0.1, 0.15) is 12.5 Å². The molecular weight excluding hydrogens is 308 g/mol. The summed E-state index contributed by atoms with van der Waals surface area (Å²) >= 11 is 0. The number of carbonyl (C=O) groups excluding carboxylic acids is 2. The Kier molecular flexibility index (Phi) is 7.39. The lowest BCUT2D eigenvalue weighted by molar-refractivity contribution is -0.183. The van der Waals surface area contributed by atoms with Gasteiger partial charge in [-0.05, 0) is 5.56 Å². The molecule has 0 N–H and O–H groups in total. The first-order valence-electron chi connectivity index (χ1n) is 7.56. The van der Waals surface area contributed by atoms with Crippen LogP contribution >= 0.6 is 0 Å². The van der Waals surface area contributed by atoms with Gasteiger partial charge in [-0.15, -0.1) is 13.2 Å². The van der Waals surface area contributed by atoms with Gasteiger partial charge in [0.25, 0.3) is 0 Å². The van der Waals surface area contributed by atoms with Crippen LogP contribution in [0.4, 0.5) is 0 Å². The number of carbonyl (C=O) groups is 2. The van der Waals surface area contributed by atoms with Gasteiger partial charge in [-0.3, -0.25) is 9.59 Å². The Bertz CT molecular complexity index is 563. The van der Waals surface area contributed by atoms with E-state index in [1.54, 1.807) is 6.92 Å². The van der Waals surface area contributed by atoms with Crippen LogP contribution in [-0.4, -0.2) is 32.3 Å². The van der Waals surface area contributed by atoms with Crippen molar-refractivity contribution in [3.63, 3.8) is 0 Å². The van der Waals surface area contributed by atoms with E-state index in [9.17, 15) is 9.59 Å². The standard InChI is InChI=1S/C19H24O5/c1-6-14(3)19(17(20)22-4,18(21)23-5)16(7-2)24-13-15-11-9-8-10-12-15/h6-12,14,16H,1-2,13H2,3-5H3/t14-,16-/m1/s1. The molecule has 24 heavy (non-hydrogen) atoms. The Balaban J connectivity index is 3.26. The minimum absolute atomic E-state index is 0.205. The molecule has 1 aromatic rings. The van der Waals surface area contributed by atoms with Gasteiger partial charge in [0, 0.05) is 5.92 Å². The van der Waals surface area contributed by atoms with Crippen molar-refractivity contribution in [3.8, 4) is 0 Å². The predicted molar refractivity (Wildman–Crippen MR) is 91.0 cm³/mol. The van der Waals surface area contributed by atoms with Gasteiger partial charge in [0.05, 0.1) is 20.8 Å². The van der Waals surface area contributed by atoms with Crippen molar-refractivity contribution >= 4 is 11.9 Å². The van der Waals surface area contributed by atoms with Gasteiger partial charge in [0.1, 0.15) is 6.10 Å². The molecule has 0 aromatic heterocycles. The topological polar surface area (TPSA) is 61.8 Å². The van der Waals surface area contributed by atoms with Crippen molar-refractivity contribution in [2.45, 2.75) is 19.6 Å². The lowest BCUT2D eigenvalue weighted by Gasteiger charge is -2.37. The maximum atomic E-state index is 12.5. The first-order chi connectivity index (χ1) is 11.5. The Morgan fingerprint density at radius 2 is 1.62 bits per heavy atom. The van der Waals surface area contributed by atoms with Crippen LogP contribution in [0, 0.1) is 11.3 Å². The van der Waals surface area contributed by atoms with Crippen LogP contribution in [0.15, 0.2) is 55.6 Å². The lowest BCUT2D eigenvalue weighted by atomic mass is 9.71. The van der Waals surface area contributed by atoms with Crippen LogP contribution in [0.25, 0.3) is 0 Å². The third-order valence-corrected chi connectivity index (χ3v) is 4.05. The molecule has 0 saturated heterocycles. The predicted octanol–water partition coefficient (Wildman–Crippen LogP) is 2.91. The van der Waals surface area contributed by atoms with Crippen LogP contribution in [-0.2, 0) is 30.4 Å². The van der Waals surface area contributed by atoms with Crippen LogP contribution in [0.5, 0.6) is 0 Å². The molecule has 5 nitrogen and oxygen atoms in total. The highest BCUT2D eigenvalue weighted by molar-refractivity contribution is 6.01. The first-order valence-corrected chi connectivity index (χ1v) is 7.56. The van der Waals surface area contributed by atoms with E-state index in [2.05, 4.69) is 13.2 Å². The molecule has 0 aliphatic rings. The molecule has 2 atom stereocenters. The molecule has 0 radical (unpaired) electrons. The quantitative estimate of drug-likeness (QED) is 0.395. The van der Waals surface area contributed by atoms with E-state index in [0.29, 0.717) is 0 Å². The summed E-state index contributed by atoms with van der Waals surface area (Å²) in [6, 6.07) is 9.41. The Morgan fingerprint density at radius 1 is 1.08 bits per heavy atom. The third-order valence-electron chi connectivity index (χ3n) is 4.05. The highest BCUT2D eigenvalue weighted by Gasteiger charge is 2.57. The Morgan fingerprint density at radius 3 is 2.04 bits per heavy atom. The highest BCUT2D eigenvalue weighted by atomic mass is 16.6. The summed E-state index contributed by atoms with van der Waals surface area (Å²) in [6.45, 7) is 9.29. The summed E-state index contributed by atoms with van der Waals surface area (Å²) in [5, 5.41) is 0. The van der Waals surface area contributed by atoms with Gasteiger partial charge in [0.2, 0.25) is 0 Å². The summed E-state index contributed by atoms with van der Waals surface area (Å²) in [6.07, 6.45) is 1.97. The number of ether oxygens (including phenoxy) is 3. The zero-order valence-corrected chi connectivity index (χ0v) is 14.4. The summed E-state index contributed by atoms with van der Waals surface area (Å²) in [5.74, 6) is -2.09. The number of benzene rings is 1. The largest absolute Gasteiger partial charge is 0.468 e. The lowest BCUT2D eigenvalue weighted by Crippen LogP contribution is -2.54. The van der Waals surface area contributed by atoms with Gasteiger partial charge >= 0.3 is 11.9 Å². The van der Waals surface area contributed by atoms with Crippen molar-refractivity contribution in [1.82, 2.24) is 0 Å². The van der Waals surface area contributed by atoms with E-state index < -0.39 is 29.4 Å². The summed E-state index contributed by atoms with van der Waals surface area (Å²) in [5.41, 5.74) is -0.804. The fraction of sp³-hybridized carbons (Fsp3) is 0.368. The number of allylic oxidation sites excluding steroid dienone is 1. The van der Waals surface area contributed by atoms with E-state index in [0.717, 1.165) is 5.56 Å². The Labute approximate surface area is 142 Å². The van der Waals surface area contributed by atoms with Gasteiger partial charge in [-0.25, -0.2) is 0 Å². The number of hydrogen-bond donors (Lipinski definition) is 0. The summed E-state index contributed by atoms with van der Waals surface area (Å²) < 4.78 is 15.6. The average Bonchev–Trinajstić information content (AvgIpc) is 2.64. The van der Waals surface area contributed by atoms with Crippen LogP contribution in [0.3, 0.4) is 0 Å². The molecule has 0 saturated carbocycles. The molecule has 0 amide bonds. The van der Waals surface area contributed by atoms with E-state index in [1.165, 1.54) is 26.4 Å². The second-order valence-electron chi connectivity index (χ2n) is 5.33. The molecule has 1 aromatic carbocycles. The monoisotopic (exact) mass is 332 g/mol. The zero-order valence-electron chi connectivity index (χ0n) is 14.4. The van der Waals surface area contributed by atoms with Crippen LogP contribution in [0.2, 0.25) is 0 Å². The van der Waals surface area contributed by atoms with E-state index in [1.807, 2.05) is 30.3 Å². The molecule has 0 aliphatic heterocycles. The van der Waals surface area contributed by atoms with Crippen molar-refractivity contribution in [2.24, 2.45) is 11.3 Å². The second kappa shape index (κ2) is 9.03. The molecule has 130 valence electrons. The first kappa shape index (κ1) is 19.6. The SMILES string of the molecule is C=C[C@@H](C)C(C(=O)OC)(C(=O)OC)[C@@H](C=C)OCc1ccccc1. The fourth-order valence-electron chi connectivity index (χ4n) is 2.62. The average molecular weight is 332 g/mol. The van der Waals surface area contributed by atoms with Crippen LogP contribution < -0.4 is 0 Å². The minimum atomic E-state index is -1.71. The maximum absolute atomic E-state index is 12.5. The number of methoxy groups -OCH3 is 2. The highest BCUT2D eigenvalue weighted by Crippen LogP contribution is 2.38. The van der Waals surface area contributed by atoms with Crippen molar-refractivity contribution in [3.05, 3.63) is 61.2 Å². The van der Waals surface area contributed by atoms with E-state index in [4.69, 9.17) is 14.2 Å². The van der Waals surface area contributed by atoms with Gasteiger partial charge in [-0.1, -0.05) is 49.4 Å². The van der Waals surface area contributed by atoms with E-state index in [-0.39, 0.29) is 6.61 Å². The maximum Gasteiger partial charge on any atom is 0.326 e.